The Labute approximate surface area is 126 Å². The van der Waals surface area contributed by atoms with Crippen molar-refractivity contribution in [3.8, 4) is 0 Å². The maximum atomic E-state index is 12.7. The van der Waals surface area contributed by atoms with Gasteiger partial charge in [-0.15, -0.1) is 0 Å². The van der Waals surface area contributed by atoms with Gasteiger partial charge in [-0.2, -0.15) is 4.31 Å². The van der Waals surface area contributed by atoms with Crippen molar-refractivity contribution < 1.29 is 18.3 Å². The number of hydrogen-bond acceptors (Lipinski definition) is 3. The van der Waals surface area contributed by atoms with E-state index in [0.717, 1.165) is 6.42 Å². The molecule has 0 saturated carbocycles. The number of aromatic nitrogens is 1. The van der Waals surface area contributed by atoms with Gasteiger partial charge in [-0.05, 0) is 25.8 Å². The molecular formula is C14H24N2O4S. The standard InChI is InChI=1S/C14H24N2O4S/c1-5-8-15-10-12(9-13(15)14(17)18)21(19,20)16(7-3)11(4)6-2/h9-11H,5-8H2,1-4H3,(H,17,18). The van der Waals surface area contributed by atoms with Crippen LogP contribution >= 0.6 is 0 Å². The van der Waals surface area contributed by atoms with E-state index in [1.807, 2.05) is 20.8 Å². The molecule has 1 heterocycles. The van der Waals surface area contributed by atoms with Crippen molar-refractivity contribution in [2.45, 2.75) is 58.0 Å². The van der Waals surface area contributed by atoms with Gasteiger partial charge in [0.05, 0.1) is 0 Å². The lowest BCUT2D eigenvalue weighted by molar-refractivity contribution is 0.0685. The van der Waals surface area contributed by atoms with Crippen LogP contribution in [0.2, 0.25) is 0 Å². The number of carboxylic acid groups (broad SMARTS) is 1. The minimum atomic E-state index is -3.67. The normalized spacial score (nSPS) is 13.6. The molecule has 0 bridgehead atoms. The molecule has 0 radical (unpaired) electrons. The molecule has 7 heteroatoms. The fraction of sp³-hybridized carbons (Fsp3) is 0.643. The van der Waals surface area contributed by atoms with E-state index in [1.165, 1.54) is 21.1 Å². The summed E-state index contributed by atoms with van der Waals surface area (Å²) >= 11 is 0. The van der Waals surface area contributed by atoms with E-state index in [2.05, 4.69) is 0 Å². The number of carbonyl (C=O) groups is 1. The average molecular weight is 316 g/mol. The third kappa shape index (κ3) is 3.65. The highest BCUT2D eigenvalue weighted by Gasteiger charge is 2.29. The highest BCUT2D eigenvalue weighted by Crippen LogP contribution is 2.22. The second-order valence-corrected chi connectivity index (χ2v) is 6.92. The summed E-state index contributed by atoms with van der Waals surface area (Å²) in [6.07, 6.45) is 2.86. The fourth-order valence-electron chi connectivity index (χ4n) is 2.29. The van der Waals surface area contributed by atoms with Crippen molar-refractivity contribution in [1.82, 2.24) is 8.87 Å². The molecule has 6 nitrogen and oxygen atoms in total. The van der Waals surface area contributed by atoms with Crippen LogP contribution in [0.3, 0.4) is 0 Å². The molecule has 0 amide bonds. The van der Waals surface area contributed by atoms with Gasteiger partial charge in [-0.25, -0.2) is 13.2 Å². The van der Waals surface area contributed by atoms with Gasteiger partial charge in [0, 0.05) is 25.3 Å². The summed E-state index contributed by atoms with van der Waals surface area (Å²) in [5, 5.41) is 9.19. The number of aryl methyl sites for hydroxylation is 1. The number of aromatic carboxylic acids is 1. The smallest absolute Gasteiger partial charge is 0.352 e. The Hall–Kier alpha value is -1.34. The lowest BCUT2D eigenvalue weighted by Crippen LogP contribution is -2.37. The Morgan fingerprint density at radius 3 is 2.43 bits per heavy atom. The number of nitrogens with zero attached hydrogens (tertiary/aromatic N) is 2. The molecule has 0 aliphatic heterocycles. The zero-order chi connectivity index (χ0) is 16.2. The Morgan fingerprint density at radius 1 is 1.38 bits per heavy atom. The highest BCUT2D eigenvalue weighted by molar-refractivity contribution is 7.89. The number of hydrogen-bond donors (Lipinski definition) is 1. The van der Waals surface area contributed by atoms with Gasteiger partial charge in [0.1, 0.15) is 10.6 Å². The van der Waals surface area contributed by atoms with Gasteiger partial charge in [-0.1, -0.05) is 20.8 Å². The molecule has 120 valence electrons. The van der Waals surface area contributed by atoms with Gasteiger partial charge in [0.15, 0.2) is 0 Å². The highest BCUT2D eigenvalue weighted by atomic mass is 32.2. The third-order valence-corrected chi connectivity index (χ3v) is 5.61. The predicted molar refractivity (Wildman–Crippen MR) is 81.0 cm³/mol. The van der Waals surface area contributed by atoms with Gasteiger partial charge >= 0.3 is 5.97 Å². The van der Waals surface area contributed by atoms with Crippen LogP contribution in [0.1, 0.15) is 51.0 Å². The van der Waals surface area contributed by atoms with Crippen LogP contribution < -0.4 is 0 Å². The van der Waals surface area contributed by atoms with Crippen LogP contribution in [0, 0.1) is 0 Å². The average Bonchev–Trinajstić information content (AvgIpc) is 2.84. The molecule has 0 aromatic carbocycles. The summed E-state index contributed by atoms with van der Waals surface area (Å²) in [5.74, 6) is -1.11. The predicted octanol–water partition coefficient (Wildman–Crippen LogP) is 2.41. The van der Waals surface area contributed by atoms with E-state index in [1.54, 1.807) is 6.92 Å². The van der Waals surface area contributed by atoms with E-state index < -0.39 is 16.0 Å². The Bertz CT molecular complexity index is 592. The quantitative estimate of drug-likeness (QED) is 0.798. The third-order valence-electron chi connectivity index (χ3n) is 3.56. The van der Waals surface area contributed by atoms with Crippen molar-refractivity contribution in [3.05, 3.63) is 18.0 Å². The van der Waals surface area contributed by atoms with Gasteiger partial charge in [0.25, 0.3) is 0 Å². The van der Waals surface area contributed by atoms with Crippen molar-refractivity contribution in [2.24, 2.45) is 0 Å². The maximum absolute atomic E-state index is 12.7. The van der Waals surface area contributed by atoms with E-state index in [0.29, 0.717) is 19.5 Å². The first kappa shape index (κ1) is 17.7. The zero-order valence-electron chi connectivity index (χ0n) is 13.0. The second kappa shape index (κ2) is 7.09. The molecule has 0 aliphatic carbocycles. The van der Waals surface area contributed by atoms with E-state index in [4.69, 9.17) is 0 Å². The largest absolute Gasteiger partial charge is 0.477 e. The summed E-state index contributed by atoms with van der Waals surface area (Å²) in [5.41, 5.74) is 0.00984. The van der Waals surface area contributed by atoms with Crippen molar-refractivity contribution in [2.75, 3.05) is 6.54 Å². The molecule has 0 fully saturated rings. The molecule has 1 aromatic rings. The summed E-state index contributed by atoms with van der Waals surface area (Å²) in [4.78, 5) is 11.3. The van der Waals surface area contributed by atoms with Crippen LogP contribution in [-0.2, 0) is 16.6 Å². The fourth-order valence-corrected chi connectivity index (χ4v) is 4.04. The van der Waals surface area contributed by atoms with Crippen LogP contribution in [0.5, 0.6) is 0 Å². The lowest BCUT2D eigenvalue weighted by atomic mass is 10.3. The monoisotopic (exact) mass is 316 g/mol. The molecular weight excluding hydrogens is 292 g/mol. The lowest BCUT2D eigenvalue weighted by Gasteiger charge is -2.25. The first-order chi connectivity index (χ1) is 9.79. The number of rotatable bonds is 8. The second-order valence-electron chi connectivity index (χ2n) is 5.03. The molecule has 1 atom stereocenters. The molecule has 1 unspecified atom stereocenters. The zero-order valence-corrected chi connectivity index (χ0v) is 13.9. The minimum absolute atomic E-state index is 0.00984. The van der Waals surface area contributed by atoms with Gasteiger partial charge in [0.2, 0.25) is 10.0 Å². The topological polar surface area (TPSA) is 79.6 Å². The summed E-state index contributed by atoms with van der Waals surface area (Å²) < 4.78 is 28.2. The minimum Gasteiger partial charge on any atom is -0.477 e. The molecule has 1 rings (SSSR count). The first-order valence-electron chi connectivity index (χ1n) is 7.24. The van der Waals surface area contributed by atoms with Gasteiger partial charge < -0.3 is 9.67 Å². The Kier molecular flexibility index (Phi) is 5.98. The summed E-state index contributed by atoms with van der Waals surface area (Å²) in [6, 6.07) is 1.13. The van der Waals surface area contributed by atoms with Crippen LogP contribution in [0.25, 0.3) is 0 Å². The molecule has 0 saturated heterocycles. The van der Waals surface area contributed by atoms with E-state index in [9.17, 15) is 18.3 Å². The van der Waals surface area contributed by atoms with Crippen LogP contribution in [0.4, 0.5) is 0 Å². The molecule has 0 aliphatic rings. The summed E-state index contributed by atoms with van der Waals surface area (Å²) in [7, 11) is -3.67. The molecule has 0 spiro atoms. The number of sulfonamides is 1. The maximum Gasteiger partial charge on any atom is 0.352 e. The first-order valence-corrected chi connectivity index (χ1v) is 8.68. The van der Waals surface area contributed by atoms with Crippen molar-refractivity contribution >= 4 is 16.0 Å². The van der Waals surface area contributed by atoms with E-state index >= 15 is 0 Å². The van der Waals surface area contributed by atoms with Crippen molar-refractivity contribution in [1.29, 1.82) is 0 Å². The van der Waals surface area contributed by atoms with Crippen LogP contribution in [-0.4, -0.2) is 41.0 Å². The molecule has 1 N–H and O–H groups in total. The van der Waals surface area contributed by atoms with Crippen LogP contribution in [0.15, 0.2) is 17.2 Å². The van der Waals surface area contributed by atoms with Crippen molar-refractivity contribution in [3.63, 3.8) is 0 Å². The van der Waals surface area contributed by atoms with E-state index in [-0.39, 0.29) is 16.6 Å². The Morgan fingerprint density at radius 2 is 2.00 bits per heavy atom. The van der Waals surface area contributed by atoms with Gasteiger partial charge in [-0.3, -0.25) is 0 Å². The Balaban J connectivity index is 3.31. The SMILES string of the molecule is CCCn1cc(S(=O)(=O)N(CC)C(C)CC)cc1C(=O)O. The molecule has 21 heavy (non-hydrogen) atoms. The summed E-state index contributed by atoms with van der Waals surface area (Å²) in [6.45, 7) is 8.31. The molecule has 1 aromatic heterocycles. The number of carboxylic acids is 1.